The summed E-state index contributed by atoms with van der Waals surface area (Å²) in [5.74, 6) is -0.163. The number of amides is 1. The normalized spacial score (nSPS) is 12.9. The number of hydrogen-bond acceptors (Lipinski definition) is 4. The van der Waals surface area contributed by atoms with Gasteiger partial charge in [-0.1, -0.05) is 34.6 Å². The molecule has 0 saturated heterocycles. The lowest BCUT2D eigenvalue weighted by molar-refractivity contribution is -0.158. The number of carbonyl (C=O) groups is 2. The Kier molecular flexibility index (Phi) is 8.25. The molecule has 23 heavy (non-hydrogen) atoms. The van der Waals surface area contributed by atoms with E-state index in [9.17, 15) is 9.59 Å². The van der Waals surface area contributed by atoms with Crippen LogP contribution in [0.15, 0.2) is 0 Å². The Morgan fingerprint density at radius 2 is 1.43 bits per heavy atom. The van der Waals surface area contributed by atoms with Crippen LogP contribution in [0.3, 0.4) is 0 Å². The van der Waals surface area contributed by atoms with Crippen LogP contribution in [0.2, 0.25) is 0 Å². The monoisotopic (exact) mass is 329 g/mol. The molecule has 0 bridgehead atoms. The van der Waals surface area contributed by atoms with Crippen LogP contribution < -0.4 is 5.32 Å². The Balaban J connectivity index is 4.22. The van der Waals surface area contributed by atoms with Gasteiger partial charge < -0.3 is 14.8 Å². The van der Waals surface area contributed by atoms with E-state index in [1.165, 1.54) is 0 Å². The third-order valence-corrected chi connectivity index (χ3v) is 3.11. The molecule has 0 unspecified atom stereocenters. The maximum absolute atomic E-state index is 11.9. The summed E-state index contributed by atoms with van der Waals surface area (Å²) in [5.41, 5.74) is -0.897. The van der Waals surface area contributed by atoms with E-state index in [0.717, 1.165) is 0 Å². The molecule has 0 aromatic rings. The molecule has 0 radical (unpaired) electrons. The number of carbonyl (C=O) groups excluding carboxylic acids is 2. The van der Waals surface area contributed by atoms with Crippen molar-refractivity contribution < 1.29 is 19.1 Å². The molecule has 0 aromatic carbocycles. The third-order valence-electron chi connectivity index (χ3n) is 3.11. The lowest BCUT2D eigenvalue weighted by Crippen LogP contribution is -2.37. The Morgan fingerprint density at radius 1 is 0.913 bits per heavy atom. The van der Waals surface area contributed by atoms with Crippen LogP contribution in [0.5, 0.6) is 0 Å². The van der Waals surface area contributed by atoms with Crippen molar-refractivity contribution in [2.24, 2.45) is 10.8 Å². The topological polar surface area (TPSA) is 64.6 Å². The van der Waals surface area contributed by atoms with E-state index >= 15 is 0 Å². The van der Waals surface area contributed by atoms with E-state index < -0.39 is 5.60 Å². The van der Waals surface area contributed by atoms with Gasteiger partial charge in [-0.25, -0.2) is 0 Å². The summed E-state index contributed by atoms with van der Waals surface area (Å²) in [7, 11) is 0. The van der Waals surface area contributed by atoms with Crippen molar-refractivity contribution in [3.8, 4) is 0 Å². The van der Waals surface area contributed by atoms with Crippen LogP contribution in [0.1, 0.15) is 68.2 Å². The van der Waals surface area contributed by atoms with Crippen molar-refractivity contribution in [2.75, 3.05) is 19.8 Å². The zero-order valence-electron chi connectivity index (χ0n) is 16.2. The average Bonchev–Trinajstić information content (AvgIpc) is 2.32. The minimum absolute atomic E-state index is 0.0448. The Hall–Kier alpha value is -1.10. The quantitative estimate of drug-likeness (QED) is 0.659. The maximum atomic E-state index is 11.9. The molecule has 1 amide bonds. The summed E-state index contributed by atoms with van der Waals surface area (Å²) < 4.78 is 11.2. The highest BCUT2D eigenvalue weighted by Gasteiger charge is 2.27. The van der Waals surface area contributed by atoms with Gasteiger partial charge in [-0.2, -0.15) is 0 Å². The molecular weight excluding hydrogens is 294 g/mol. The van der Waals surface area contributed by atoms with E-state index in [-0.39, 0.29) is 22.7 Å². The molecular formula is C18H35NO4. The van der Waals surface area contributed by atoms with Gasteiger partial charge in [-0.3, -0.25) is 9.59 Å². The molecule has 5 heteroatoms. The Labute approximate surface area is 141 Å². The SMILES string of the molecule is CCC(=O)NCC(C)(C)COCC(C)(C)CC(=O)OC(C)(C)C. The van der Waals surface area contributed by atoms with E-state index in [1.54, 1.807) is 0 Å². The predicted octanol–water partition coefficient (Wildman–Crippen LogP) is 3.31. The largest absolute Gasteiger partial charge is 0.460 e. The molecule has 0 rings (SSSR count). The lowest BCUT2D eigenvalue weighted by atomic mass is 9.90. The van der Waals surface area contributed by atoms with Crippen molar-refractivity contribution in [1.29, 1.82) is 0 Å². The number of nitrogens with one attached hydrogen (secondary N) is 1. The molecule has 0 aliphatic heterocycles. The molecule has 1 N–H and O–H groups in total. The van der Waals surface area contributed by atoms with Gasteiger partial charge in [0.15, 0.2) is 0 Å². The molecule has 0 atom stereocenters. The second-order valence-electron chi connectivity index (χ2n) is 8.71. The van der Waals surface area contributed by atoms with Crippen molar-refractivity contribution in [3.05, 3.63) is 0 Å². The van der Waals surface area contributed by atoms with E-state index in [2.05, 4.69) is 5.32 Å². The van der Waals surface area contributed by atoms with Crippen LogP contribution in [-0.2, 0) is 19.1 Å². The molecule has 0 aromatic heterocycles. The summed E-state index contributed by atoms with van der Waals surface area (Å²) in [6, 6.07) is 0. The molecule has 0 aliphatic rings. The van der Waals surface area contributed by atoms with Gasteiger partial charge in [0.1, 0.15) is 5.60 Å². The van der Waals surface area contributed by atoms with E-state index in [4.69, 9.17) is 9.47 Å². The van der Waals surface area contributed by atoms with Crippen LogP contribution in [0.25, 0.3) is 0 Å². The van der Waals surface area contributed by atoms with Gasteiger partial charge in [-0.05, 0) is 26.2 Å². The molecule has 136 valence electrons. The summed E-state index contributed by atoms with van der Waals surface area (Å²) in [6.45, 7) is 17.1. The molecule has 5 nitrogen and oxygen atoms in total. The first-order chi connectivity index (χ1) is 10.3. The highest BCUT2D eigenvalue weighted by atomic mass is 16.6. The molecule has 0 fully saturated rings. The number of rotatable bonds is 9. The highest BCUT2D eigenvalue weighted by Crippen LogP contribution is 2.24. The fourth-order valence-electron chi connectivity index (χ4n) is 1.94. The van der Waals surface area contributed by atoms with Crippen LogP contribution in [0.4, 0.5) is 0 Å². The zero-order valence-corrected chi connectivity index (χ0v) is 16.2. The van der Waals surface area contributed by atoms with E-state index in [0.29, 0.717) is 32.6 Å². The predicted molar refractivity (Wildman–Crippen MR) is 92.1 cm³/mol. The first-order valence-electron chi connectivity index (χ1n) is 8.33. The first kappa shape index (κ1) is 21.9. The second-order valence-corrected chi connectivity index (χ2v) is 8.71. The summed E-state index contributed by atoms with van der Waals surface area (Å²) in [6.07, 6.45) is 0.803. The lowest BCUT2D eigenvalue weighted by Gasteiger charge is -2.29. The van der Waals surface area contributed by atoms with Crippen LogP contribution >= 0.6 is 0 Å². The molecule has 0 aliphatic carbocycles. The minimum Gasteiger partial charge on any atom is -0.460 e. The zero-order chi connectivity index (χ0) is 18.3. The van der Waals surface area contributed by atoms with Gasteiger partial charge in [0.05, 0.1) is 19.6 Å². The third kappa shape index (κ3) is 12.0. The maximum Gasteiger partial charge on any atom is 0.306 e. The van der Waals surface area contributed by atoms with Crippen LogP contribution in [0, 0.1) is 10.8 Å². The Bertz CT molecular complexity index is 394. The summed E-state index contributed by atoms with van der Waals surface area (Å²) in [4.78, 5) is 23.2. The molecule has 0 saturated carbocycles. The van der Waals surface area contributed by atoms with Gasteiger partial charge >= 0.3 is 5.97 Å². The van der Waals surface area contributed by atoms with Gasteiger partial charge in [0, 0.05) is 18.4 Å². The summed E-state index contributed by atoms with van der Waals surface area (Å²) >= 11 is 0. The highest BCUT2D eigenvalue weighted by molar-refractivity contribution is 5.75. The van der Waals surface area contributed by atoms with E-state index in [1.807, 2.05) is 55.4 Å². The fraction of sp³-hybridized carbons (Fsp3) is 0.889. The smallest absolute Gasteiger partial charge is 0.306 e. The standard InChI is InChI=1S/C18H35NO4/c1-9-14(20)19-11-18(7,8)13-22-12-17(5,6)10-15(21)23-16(2,3)4/h9-13H2,1-8H3,(H,19,20). The Morgan fingerprint density at radius 3 is 1.91 bits per heavy atom. The number of ether oxygens (including phenoxy) is 2. The van der Waals surface area contributed by atoms with Gasteiger partial charge in [0.25, 0.3) is 0 Å². The minimum atomic E-state index is -0.465. The van der Waals surface area contributed by atoms with Crippen molar-refractivity contribution >= 4 is 11.9 Å². The fourth-order valence-corrected chi connectivity index (χ4v) is 1.94. The molecule has 0 spiro atoms. The number of esters is 1. The average molecular weight is 329 g/mol. The second kappa shape index (κ2) is 8.67. The van der Waals surface area contributed by atoms with Gasteiger partial charge in [0.2, 0.25) is 5.91 Å². The molecule has 0 heterocycles. The van der Waals surface area contributed by atoms with Crippen molar-refractivity contribution in [3.63, 3.8) is 0 Å². The summed E-state index contributed by atoms with van der Waals surface area (Å²) in [5, 5.41) is 2.89. The first-order valence-corrected chi connectivity index (χ1v) is 8.33. The van der Waals surface area contributed by atoms with Crippen molar-refractivity contribution in [1.82, 2.24) is 5.32 Å². The van der Waals surface area contributed by atoms with Gasteiger partial charge in [-0.15, -0.1) is 0 Å². The van der Waals surface area contributed by atoms with Crippen LogP contribution in [-0.4, -0.2) is 37.2 Å². The van der Waals surface area contributed by atoms with Crippen molar-refractivity contribution in [2.45, 2.75) is 73.8 Å². The number of hydrogen-bond donors (Lipinski definition) is 1.